The van der Waals surface area contributed by atoms with E-state index in [2.05, 4.69) is 4.74 Å². The number of carboxylic acid groups (broad SMARTS) is 1. The number of hydrogen-bond donors (Lipinski definition) is 1. The van der Waals surface area contributed by atoms with Gasteiger partial charge in [0.05, 0.1) is 7.11 Å². The molecule has 0 heterocycles. The predicted octanol–water partition coefficient (Wildman–Crippen LogP) is 0.813. The third kappa shape index (κ3) is 11.5. The molecule has 0 amide bonds. The minimum atomic E-state index is -4.85. The van der Waals surface area contributed by atoms with Crippen LogP contribution < -0.4 is 0 Å². The third-order valence-corrected chi connectivity index (χ3v) is 0.417. The number of carbonyl (C=O) groups excluding carboxylic acids is 1. The molecule has 12 heavy (non-hydrogen) atoms. The van der Waals surface area contributed by atoms with E-state index >= 15 is 0 Å². The molecule has 0 aliphatic heterocycles. The Hall–Kier alpha value is -1.27. The second kappa shape index (κ2) is 5.39. The van der Waals surface area contributed by atoms with Gasteiger partial charge in [0.2, 0.25) is 0 Å². The first-order valence-electron chi connectivity index (χ1n) is 2.56. The van der Waals surface area contributed by atoms with Crippen LogP contribution in [0.5, 0.6) is 0 Å². The lowest BCUT2D eigenvalue weighted by atomic mass is 10.7. The zero-order valence-electron chi connectivity index (χ0n) is 6.31. The van der Waals surface area contributed by atoms with Crippen molar-refractivity contribution in [1.82, 2.24) is 0 Å². The van der Waals surface area contributed by atoms with Gasteiger partial charge in [-0.3, -0.25) is 4.79 Å². The van der Waals surface area contributed by atoms with Gasteiger partial charge in [-0.25, -0.2) is 4.79 Å². The molecule has 0 aromatic heterocycles. The molecule has 0 unspecified atom stereocenters. The van der Waals surface area contributed by atoms with Crippen molar-refractivity contribution in [2.24, 2.45) is 0 Å². The number of carboxylic acids is 1. The summed E-state index contributed by atoms with van der Waals surface area (Å²) in [7, 11) is 0.676. The van der Waals surface area contributed by atoms with Crippen LogP contribution in [0.3, 0.4) is 0 Å². The van der Waals surface area contributed by atoms with Crippen LogP contribution in [0.1, 0.15) is 6.92 Å². The van der Waals surface area contributed by atoms with Gasteiger partial charge in [0.1, 0.15) is 0 Å². The molecule has 0 spiro atoms. The quantitative estimate of drug-likeness (QED) is 0.571. The van der Waals surface area contributed by atoms with Crippen LogP contribution in [-0.4, -0.2) is 30.3 Å². The number of alkyl halides is 3. The molecule has 0 saturated carbocycles. The lowest BCUT2D eigenvalue weighted by Gasteiger charge is -1.99. The maximum absolute atomic E-state index is 11.0. The Labute approximate surface area is 65.9 Å². The Morgan fingerprint density at radius 2 is 1.58 bits per heavy atom. The van der Waals surface area contributed by atoms with Crippen molar-refractivity contribution in [1.29, 1.82) is 0 Å². The highest BCUT2D eigenvalue weighted by atomic mass is 19.4. The molecule has 0 aromatic carbocycles. The van der Waals surface area contributed by atoms with E-state index in [0.29, 0.717) is 7.11 Å². The Morgan fingerprint density at radius 1 is 1.33 bits per heavy atom. The smallest absolute Gasteiger partial charge is 0.481 e. The number of rotatable bonds is 0. The second-order valence-electron chi connectivity index (χ2n) is 1.51. The van der Waals surface area contributed by atoms with Crippen LogP contribution in [0.25, 0.3) is 0 Å². The first-order valence-corrected chi connectivity index (χ1v) is 2.56. The molecule has 72 valence electrons. The summed E-state index contributed by atoms with van der Waals surface area (Å²) in [4.78, 5) is 18.5. The van der Waals surface area contributed by atoms with Crippen molar-refractivity contribution < 1.29 is 32.6 Å². The molecule has 0 saturated heterocycles. The average molecular weight is 188 g/mol. The van der Waals surface area contributed by atoms with E-state index in [1.54, 1.807) is 0 Å². The van der Waals surface area contributed by atoms with Crippen molar-refractivity contribution in [3.63, 3.8) is 0 Å². The Kier molecular flexibility index (Phi) is 5.99. The minimum Gasteiger partial charge on any atom is -0.481 e. The fraction of sp³-hybridized carbons (Fsp3) is 0.600. The summed E-state index contributed by atoms with van der Waals surface area (Å²) in [6, 6.07) is 0. The van der Waals surface area contributed by atoms with Gasteiger partial charge in [0.25, 0.3) is 5.97 Å². The molecular formula is C5H7F3O4. The van der Waals surface area contributed by atoms with Crippen LogP contribution >= 0.6 is 0 Å². The highest BCUT2D eigenvalue weighted by Crippen LogP contribution is 2.15. The van der Waals surface area contributed by atoms with Crippen LogP contribution in [0.15, 0.2) is 0 Å². The zero-order chi connectivity index (χ0) is 10.4. The number of halogens is 3. The number of aliphatic carboxylic acids is 1. The Balaban J connectivity index is 0. The van der Waals surface area contributed by atoms with Crippen LogP contribution in [0, 0.1) is 0 Å². The molecule has 0 rings (SSSR count). The van der Waals surface area contributed by atoms with E-state index in [1.165, 1.54) is 0 Å². The van der Waals surface area contributed by atoms with E-state index in [1.807, 2.05) is 0 Å². The highest BCUT2D eigenvalue weighted by molar-refractivity contribution is 5.75. The number of ether oxygens (including phenoxy) is 1. The van der Waals surface area contributed by atoms with Gasteiger partial charge in [-0.1, -0.05) is 0 Å². The molecule has 0 atom stereocenters. The van der Waals surface area contributed by atoms with E-state index in [4.69, 9.17) is 9.90 Å². The topological polar surface area (TPSA) is 63.6 Å². The van der Waals surface area contributed by atoms with Crippen molar-refractivity contribution in [3.05, 3.63) is 0 Å². The molecular weight excluding hydrogens is 181 g/mol. The van der Waals surface area contributed by atoms with Gasteiger partial charge in [0.15, 0.2) is 0 Å². The van der Waals surface area contributed by atoms with Gasteiger partial charge < -0.3 is 9.84 Å². The largest absolute Gasteiger partial charge is 0.490 e. The normalized spacial score (nSPS) is 9.42. The lowest BCUT2D eigenvalue weighted by Crippen LogP contribution is -2.23. The average Bonchev–Trinajstić information content (AvgIpc) is 1.82. The summed E-state index contributed by atoms with van der Waals surface area (Å²) in [6.07, 6.45) is -4.85. The molecule has 0 aliphatic carbocycles. The molecule has 0 radical (unpaired) electrons. The van der Waals surface area contributed by atoms with Gasteiger partial charge in [-0.05, 0) is 0 Å². The van der Waals surface area contributed by atoms with Gasteiger partial charge in [-0.15, -0.1) is 0 Å². The Morgan fingerprint density at radius 3 is 1.58 bits per heavy atom. The summed E-state index contributed by atoms with van der Waals surface area (Å²) >= 11 is 0. The number of methoxy groups -OCH3 is 1. The highest BCUT2D eigenvalue weighted by Gasteiger charge is 2.39. The molecule has 0 bridgehead atoms. The van der Waals surface area contributed by atoms with Crippen LogP contribution in [0.4, 0.5) is 13.2 Å². The summed E-state index contributed by atoms with van der Waals surface area (Å²) in [5, 5.41) is 7.42. The van der Waals surface area contributed by atoms with Crippen LogP contribution in [-0.2, 0) is 14.3 Å². The fourth-order valence-electron chi connectivity index (χ4n) is 0.116. The maximum atomic E-state index is 11.0. The number of hydrogen-bond acceptors (Lipinski definition) is 3. The fourth-order valence-corrected chi connectivity index (χ4v) is 0.116. The maximum Gasteiger partial charge on any atom is 0.490 e. The van der Waals surface area contributed by atoms with Gasteiger partial charge >= 0.3 is 12.1 Å². The predicted molar refractivity (Wildman–Crippen MR) is 31.4 cm³/mol. The summed E-state index contributed by atoms with van der Waals surface area (Å²) in [6.45, 7) is 1.08. The van der Waals surface area contributed by atoms with Crippen molar-refractivity contribution >= 4 is 11.9 Å². The first kappa shape index (κ1) is 13.3. The van der Waals surface area contributed by atoms with Crippen LogP contribution in [0.2, 0.25) is 0 Å². The van der Waals surface area contributed by atoms with Crippen molar-refractivity contribution in [2.75, 3.05) is 7.11 Å². The van der Waals surface area contributed by atoms with Gasteiger partial charge in [0, 0.05) is 6.92 Å². The monoisotopic (exact) mass is 188 g/mol. The second-order valence-corrected chi connectivity index (χ2v) is 1.51. The number of carbonyl (C=O) groups is 2. The molecule has 1 N–H and O–H groups in total. The molecule has 0 aliphatic rings. The molecule has 4 nitrogen and oxygen atoms in total. The van der Waals surface area contributed by atoms with Crippen molar-refractivity contribution in [3.8, 4) is 0 Å². The summed E-state index contributed by atoms with van der Waals surface area (Å²) < 4.78 is 36.3. The third-order valence-electron chi connectivity index (χ3n) is 0.417. The minimum absolute atomic E-state index is 0.676. The molecule has 0 fully saturated rings. The van der Waals surface area contributed by atoms with E-state index in [0.717, 1.165) is 6.92 Å². The molecule has 0 aromatic rings. The Bertz CT molecular complexity index is 159. The van der Waals surface area contributed by atoms with E-state index in [-0.39, 0.29) is 0 Å². The summed E-state index contributed by atoms with van der Waals surface area (Å²) in [5.41, 5.74) is 0. The van der Waals surface area contributed by atoms with Gasteiger partial charge in [-0.2, -0.15) is 13.2 Å². The SMILES string of the molecule is CC(=O)O.COC(=O)C(F)(F)F. The standard InChI is InChI=1S/C3H3F3O2.C2H4O2/c1-8-2(7)3(4,5)6;1-2(3)4/h1H3;1H3,(H,3,4). The zero-order valence-corrected chi connectivity index (χ0v) is 6.31. The summed E-state index contributed by atoms with van der Waals surface area (Å²) in [5.74, 6) is -3.00. The number of esters is 1. The van der Waals surface area contributed by atoms with E-state index in [9.17, 15) is 18.0 Å². The van der Waals surface area contributed by atoms with Crippen molar-refractivity contribution in [2.45, 2.75) is 13.1 Å². The lowest BCUT2D eigenvalue weighted by molar-refractivity contribution is -0.196. The van der Waals surface area contributed by atoms with E-state index < -0.39 is 18.1 Å². The molecule has 7 heteroatoms. The first-order chi connectivity index (χ1) is 5.21.